The third-order valence-electron chi connectivity index (χ3n) is 4.51. The van der Waals surface area contributed by atoms with E-state index in [4.69, 9.17) is 4.74 Å². The van der Waals surface area contributed by atoms with Crippen molar-refractivity contribution in [2.24, 2.45) is 5.92 Å². The Kier molecular flexibility index (Phi) is 5.64. The normalized spacial score (nSPS) is 19.2. The van der Waals surface area contributed by atoms with Crippen LogP contribution in [0.1, 0.15) is 31.4 Å². The monoisotopic (exact) mass is 327 g/mol. The molecule has 1 fully saturated rings. The molecular formula is C19H25N3O2. The van der Waals surface area contributed by atoms with Crippen LogP contribution in [0.3, 0.4) is 0 Å². The molecular weight excluding hydrogens is 302 g/mol. The van der Waals surface area contributed by atoms with Crippen LogP contribution in [-0.2, 0) is 16.1 Å². The summed E-state index contributed by atoms with van der Waals surface area (Å²) < 4.78 is 7.70. The number of amides is 1. The average molecular weight is 327 g/mol. The fourth-order valence-corrected chi connectivity index (χ4v) is 3.18. The average Bonchev–Trinajstić information content (AvgIpc) is 3.17. The van der Waals surface area contributed by atoms with Crippen LogP contribution in [0.25, 0.3) is 0 Å². The van der Waals surface area contributed by atoms with Crippen LogP contribution >= 0.6 is 0 Å². The third kappa shape index (κ3) is 4.23. The Bertz CT molecular complexity index is 627. The molecule has 1 aromatic carbocycles. The van der Waals surface area contributed by atoms with Gasteiger partial charge in [0.1, 0.15) is 0 Å². The molecule has 2 atom stereocenters. The lowest BCUT2D eigenvalue weighted by molar-refractivity contribution is -0.138. The molecule has 1 aromatic heterocycles. The van der Waals surface area contributed by atoms with Crippen molar-refractivity contribution in [1.29, 1.82) is 0 Å². The first-order valence-electron chi connectivity index (χ1n) is 8.63. The number of rotatable bonds is 6. The topological polar surface area (TPSA) is 47.4 Å². The molecule has 24 heavy (non-hydrogen) atoms. The molecule has 0 aliphatic carbocycles. The number of carbonyl (C=O) groups is 1. The van der Waals surface area contributed by atoms with E-state index in [0.717, 1.165) is 31.5 Å². The van der Waals surface area contributed by atoms with Crippen molar-refractivity contribution in [3.63, 3.8) is 0 Å². The molecule has 0 bridgehead atoms. The summed E-state index contributed by atoms with van der Waals surface area (Å²) in [5, 5.41) is 4.32. The van der Waals surface area contributed by atoms with Gasteiger partial charge in [-0.2, -0.15) is 5.10 Å². The SMILES string of the molecule is C[C@@H](COCc1ccccc1)C(=O)N1CCC[C@H](n2cccn2)C1. The molecule has 0 unspecified atom stereocenters. The smallest absolute Gasteiger partial charge is 0.227 e. The fraction of sp³-hybridized carbons (Fsp3) is 0.474. The molecule has 1 amide bonds. The largest absolute Gasteiger partial charge is 0.376 e. The van der Waals surface area contributed by atoms with Gasteiger partial charge >= 0.3 is 0 Å². The number of likely N-dealkylation sites (tertiary alicyclic amines) is 1. The molecule has 0 spiro atoms. The number of aromatic nitrogens is 2. The Balaban J connectivity index is 1.48. The van der Waals surface area contributed by atoms with E-state index in [9.17, 15) is 4.79 Å². The van der Waals surface area contributed by atoms with E-state index in [-0.39, 0.29) is 17.9 Å². The van der Waals surface area contributed by atoms with Gasteiger partial charge in [-0.15, -0.1) is 0 Å². The maximum Gasteiger partial charge on any atom is 0.227 e. The Morgan fingerprint density at radius 3 is 2.92 bits per heavy atom. The molecule has 5 nitrogen and oxygen atoms in total. The van der Waals surface area contributed by atoms with E-state index in [1.165, 1.54) is 0 Å². The quantitative estimate of drug-likeness (QED) is 0.819. The van der Waals surface area contributed by atoms with Crippen LogP contribution in [-0.4, -0.2) is 40.3 Å². The number of ether oxygens (including phenoxy) is 1. The van der Waals surface area contributed by atoms with Gasteiger partial charge in [-0.1, -0.05) is 37.3 Å². The fourth-order valence-electron chi connectivity index (χ4n) is 3.18. The van der Waals surface area contributed by atoms with Gasteiger partial charge < -0.3 is 9.64 Å². The first kappa shape index (κ1) is 16.7. The first-order chi connectivity index (χ1) is 11.7. The van der Waals surface area contributed by atoms with Crippen molar-refractivity contribution < 1.29 is 9.53 Å². The lowest BCUT2D eigenvalue weighted by Gasteiger charge is -2.34. The Morgan fingerprint density at radius 1 is 1.33 bits per heavy atom. The zero-order valence-corrected chi connectivity index (χ0v) is 14.2. The number of benzene rings is 1. The highest BCUT2D eigenvalue weighted by Gasteiger charge is 2.27. The summed E-state index contributed by atoms with van der Waals surface area (Å²) in [6.07, 6.45) is 5.87. The molecule has 0 radical (unpaired) electrons. The zero-order chi connectivity index (χ0) is 16.8. The van der Waals surface area contributed by atoms with Crippen molar-refractivity contribution in [3.05, 3.63) is 54.4 Å². The van der Waals surface area contributed by atoms with Gasteiger partial charge in [0, 0.05) is 25.5 Å². The molecule has 1 saturated heterocycles. The summed E-state index contributed by atoms with van der Waals surface area (Å²) in [6, 6.07) is 12.3. The zero-order valence-electron chi connectivity index (χ0n) is 14.2. The summed E-state index contributed by atoms with van der Waals surface area (Å²) in [7, 11) is 0. The molecule has 5 heteroatoms. The standard InChI is InChI=1S/C19H25N3O2/c1-16(14-24-15-17-7-3-2-4-8-17)19(23)21-11-5-9-18(13-21)22-12-6-10-20-22/h2-4,6-8,10,12,16,18H,5,9,11,13-15H2,1H3/t16-,18-/m0/s1. The highest BCUT2D eigenvalue weighted by molar-refractivity contribution is 5.78. The summed E-state index contributed by atoms with van der Waals surface area (Å²) in [5.74, 6) is 0.0602. The predicted octanol–water partition coefficient (Wildman–Crippen LogP) is 2.90. The summed E-state index contributed by atoms with van der Waals surface area (Å²) in [6.45, 7) is 4.53. The van der Waals surface area contributed by atoms with Gasteiger partial charge in [0.05, 0.1) is 25.2 Å². The van der Waals surface area contributed by atoms with Crippen LogP contribution < -0.4 is 0 Å². The molecule has 0 saturated carbocycles. The second-order valence-electron chi connectivity index (χ2n) is 6.47. The van der Waals surface area contributed by atoms with Crippen LogP contribution in [0.5, 0.6) is 0 Å². The summed E-state index contributed by atoms with van der Waals surface area (Å²) in [4.78, 5) is 14.6. The molecule has 1 aliphatic rings. The van der Waals surface area contributed by atoms with Gasteiger partial charge in [0.2, 0.25) is 5.91 Å². The number of nitrogens with zero attached hydrogens (tertiary/aromatic N) is 3. The first-order valence-corrected chi connectivity index (χ1v) is 8.63. The van der Waals surface area contributed by atoms with Crippen LogP contribution in [0.2, 0.25) is 0 Å². The van der Waals surface area contributed by atoms with Gasteiger partial charge in [0.15, 0.2) is 0 Å². The second kappa shape index (κ2) is 8.11. The van der Waals surface area contributed by atoms with Crippen molar-refractivity contribution >= 4 is 5.91 Å². The van der Waals surface area contributed by atoms with E-state index in [1.54, 1.807) is 6.20 Å². The number of hydrogen-bond acceptors (Lipinski definition) is 3. The highest BCUT2D eigenvalue weighted by atomic mass is 16.5. The van der Waals surface area contributed by atoms with E-state index >= 15 is 0 Å². The van der Waals surface area contributed by atoms with Crippen molar-refractivity contribution in [2.75, 3.05) is 19.7 Å². The second-order valence-corrected chi connectivity index (χ2v) is 6.47. The van der Waals surface area contributed by atoms with Gasteiger partial charge in [-0.05, 0) is 24.5 Å². The van der Waals surface area contributed by atoms with Crippen LogP contribution in [0.15, 0.2) is 48.8 Å². The minimum Gasteiger partial charge on any atom is -0.376 e. The molecule has 1 aliphatic heterocycles. The number of carbonyl (C=O) groups excluding carboxylic acids is 1. The van der Waals surface area contributed by atoms with E-state index in [1.807, 2.05) is 59.1 Å². The Morgan fingerprint density at radius 2 is 2.17 bits per heavy atom. The number of piperidine rings is 1. The van der Waals surface area contributed by atoms with Crippen LogP contribution in [0, 0.1) is 5.92 Å². The minimum absolute atomic E-state index is 0.120. The van der Waals surface area contributed by atoms with E-state index in [0.29, 0.717) is 13.2 Å². The molecule has 0 N–H and O–H groups in total. The Labute approximate surface area is 143 Å². The van der Waals surface area contributed by atoms with Gasteiger partial charge in [-0.25, -0.2) is 0 Å². The van der Waals surface area contributed by atoms with Crippen molar-refractivity contribution in [3.8, 4) is 0 Å². The van der Waals surface area contributed by atoms with Crippen molar-refractivity contribution in [1.82, 2.24) is 14.7 Å². The summed E-state index contributed by atoms with van der Waals surface area (Å²) >= 11 is 0. The van der Waals surface area contributed by atoms with E-state index in [2.05, 4.69) is 5.10 Å². The molecule has 128 valence electrons. The minimum atomic E-state index is -0.120. The highest BCUT2D eigenvalue weighted by Crippen LogP contribution is 2.22. The third-order valence-corrected chi connectivity index (χ3v) is 4.51. The predicted molar refractivity (Wildman–Crippen MR) is 92.3 cm³/mol. The van der Waals surface area contributed by atoms with Gasteiger partial charge in [-0.3, -0.25) is 9.48 Å². The molecule has 3 rings (SSSR count). The number of hydrogen-bond donors (Lipinski definition) is 0. The van der Waals surface area contributed by atoms with Crippen LogP contribution in [0.4, 0.5) is 0 Å². The maximum absolute atomic E-state index is 12.7. The summed E-state index contributed by atoms with van der Waals surface area (Å²) in [5.41, 5.74) is 1.13. The van der Waals surface area contributed by atoms with E-state index < -0.39 is 0 Å². The lowest BCUT2D eigenvalue weighted by atomic mass is 10.0. The Hall–Kier alpha value is -2.14. The lowest BCUT2D eigenvalue weighted by Crippen LogP contribution is -2.44. The van der Waals surface area contributed by atoms with Crippen molar-refractivity contribution in [2.45, 2.75) is 32.4 Å². The maximum atomic E-state index is 12.7. The molecule has 2 heterocycles. The van der Waals surface area contributed by atoms with Gasteiger partial charge in [0.25, 0.3) is 0 Å². The molecule has 2 aromatic rings.